The molecule has 0 spiro atoms. The lowest BCUT2D eigenvalue weighted by atomic mass is 10.2. The quantitative estimate of drug-likeness (QED) is 0.650. The zero-order chi connectivity index (χ0) is 14.9. The third-order valence-electron chi connectivity index (χ3n) is 3.40. The van der Waals surface area contributed by atoms with Gasteiger partial charge in [-0.05, 0) is 13.8 Å². The summed E-state index contributed by atoms with van der Waals surface area (Å²) >= 11 is 0. The van der Waals surface area contributed by atoms with Gasteiger partial charge in [0.05, 0.1) is 12.2 Å². The van der Waals surface area contributed by atoms with Crippen LogP contribution in [-0.2, 0) is 14.3 Å². The average Bonchev–Trinajstić information content (AvgIpc) is 2.36. The summed E-state index contributed by atoms with van der Waals surface area (Å²) < 4.78 is 5.54. The Morgan fingerprint density at radius 2 is 1.90 bits per heavy atom. The Bertz CT molecular complexity index is 417. The second-order valence-electron chi connectivity index (χ2n) is 5.23. The van der Waals surface area contributed by atoms with Gasteiger partial charge in [-0.2, -0.15) is 0 Å². The van der Waals surface area contributed by atoms with Gasteiger partial charge in [-0.25, -0.2) is 9.59 Å². The van der Waals surface area contributed by atoms with Crippen LogP contribution >= 0.6 is 0 Å². The highest BCUT2D eigenvalue weighted by Gasteiger charge is 2.38. The number of carboxylic acids is 1. The number of urea groups is 1. The number of ether oxygens (including phenoxy) is 1. The van der Waals surface area contributed by atoms with E-state index in [-0.39, 0.29) is 31.2 Å². The second kappa shape index (κ2) is 5.66. The maximum atomic E-state index is 12.5. The van der Waals surface area contributed by atoms with Crippen molar-refractivity contribution in [1.29, 1.82) is 0 Å². The highest BCUT2D eigenvalue weighted by molar-refractivity contribution is 5.90. The summed E-state index contributed by atoms with van der Waals surface area (Å²) in [6.07, 6.45) is -0.214. The number of aliphatic carboxylic acids is 1. The number of amides is 3. The summed E-state index contributed by atoms with van der Waals surface area (Å²) in [5.74, 6) is -1.46. The van der Waals surface area contributed by atoms with Gasteiger partial charge in [0, 0.05) is 19.6 Å². The van der Waals surface area contributed by atoms with Crippen LogP contribution in [0.5, 0.6) is 0 Å². The first-order chi connectivity index (χ1) is 9.38. The van der Waals surface area contributed by atoms with Crippen molar-refractivity contribution in [3.8, 4) is 0 Å². The Labute approximate surface area is 116 Å². The Kier molecular flexibility index (Phi) is 4.12. The van der Waals surface area contributed by atoms with Gasteiger partial charge in [0.15, 0.2) is 0 Å². The van der Waals surface area contributed by atoms with Crippen molar-refractivity contribution >= 4 is 17.9 Å². The van der Waals surface area contributed by atoms with E-state index in [9.17, 15) is 14.4 Å². The van der Waals surface area contributed by atoms with Crippen molar-refractivity contribution in [3.63, 3.8) is 0 Å². The molecular weight excluding hydrogens is 266 g/mol. The van der Waals surface area contributed by atoms with E-state index in [0.717, 1.165) is 4.90 Å². The number of carbonyl (C=O) groups excluding carboxylic acids is 2. The maximum absolute atomic E-state index is 12.5. The molecule has 3 amide bonds. The molecule has 0 aromatic rings. The molecule has 2 heterocycles. The number of carbonyl (C=O) groups is 3. The van der Waals surface area contributed by atoms with Gasteiger partial charge in [-0.1, -0.05) is 0 Å². The lowest BCUT2D eigenvalue weighted by Gasteiger charge is -2.40. The van der Waals surface area contributed by atoms with Crippen molar-refractivity contribution in [3.05, 3.63) is 0 Å². The molecule has 0 bridgehead atoms. The van der Waals surface area contributed by atoms with Crippen LogP contribution in [-0.4, -0.2) is 77.2 Å². The summed E-state index contributed by atoms with van der Waals surface area (Å²) in [7, 11) is 0. The molecule has 0 saturated carbocycles. The van der Waals surface area contributed by atoms with E-state index >= 15 is 0 Å². The minimum atomic E-state index is -1.12. The lowest BCUT2D eigenvalue weighted by Crippen LogP contribution is -2.63. The van der Waals surface area contributed by atoms with E-state index in [2.05, 4.69) is 5.32 Å². The van der Waals surface area contributed by atoms with Gasteiger partial charge >= 0.3 is 12.0 Å². The number of nitrogens with zero attached hydrogens (tertiary/aromatic N) is 2. The van der Waals surface area contributed by atoms with Gasteiger partial charge in [-0.3, -0.25) is 9.69 Å². The largest absolute Gasteiger partial charge is 0.480 e. The van der Waals surface area contributed by atoms with Crippen molar-refractivity contribution in [2.75, 3.05) is 26.2 Å². The van der Waals surface area contributed by atoms with E-state index in [1.165, 1.54) is 0 Å². The fraction of sp³-hybridized carbons (Fsp3) is 0.750. The molecule has 20 heavy (non-hydrogen) atoms. The fourth-order valence-corrected chi connectivity index (χ4v) is 2.58. The predicted molar refractivity (Wildman–Crippen MR) is 68.1 cm³/mol. The summed E-state index contributed by atoms with van der Waals surface area (Å²) in [5.41, 5.74) is 0. The molecule has 2 saturated heterocycles. The molecule has 2 aliphatic heterocycles. The van der Waals surface area contributed by atoms with Crippen LogP contribution in [0.3, 0.4) is 0 Å². The van der Waals surface area contributed by atoms with Gasteiger partial charge in [0.25, 0.3) is 0 Å². The van der Waals surface area contributed by atoms with E-state index in [1.54, 1.807) is 4.90 Å². The normalized spacial score (nSPS) is 30.9. The van der Waals surface area contributed by atoms with Gasteiger partial charge < -0.3 is 20.1 Å². The average molecular weight is 285 g/mol. The predicted octanol–water partition coefficient (Wildman–Crippen LogP) is -0.899. The van der Waals surface area contributed by atoms with E-state index in [4.69, 9.17) is 9.84 Å². The molecule has 0 aliphatic carbocycles. The summed E-state index contributed by atoms with van der Waals surface area (Å²) in [6.45, 7) is 4.22. The molecule has 2 aliphatic rings. The SMILES string of the molecule is CC1CN(C(=O)N2CC(=O)NCC2C(=O)O)CC(C)O1. The molecular formula is C12H19N3O5. The van der Waals surface area contributed by atoms with Crippen LogP contribution in [0.15, 0.2) is 0 Å². The molecule has 2 rings (SSSR count). The summed E-state index contributed by atoms with van der Waals surface area (Å²) in [4.78, 5) is 37.7. The molecule has 8 nitrogen and oxygen atoms in total. The fourth-order valence-electron chi connectivity index (χ4n) is 2.58. The van der Waals surface area contributed by atoms with Crippen LogP contribution in [0.1, 0.15) is 13.8 Å². The summed E-state index contributed by atoms with van der Waals surface area (Å²) in [5, 5.41) is 11.6. The minimum Gasteiger partial charge on any atom is -0.480 e. The van der Waals surface area contributed by atoms with Crippen LogP contribution in [0, 0.1) is 0 Å². The van der Waals surface area contributed by atoms with Gasteiger partial charge in [0.2, 0.25) is 5.91 Å². The standard InChI is InChI=1S/C12H19N3O5/c1-7-4-14(5-8(2)20-7)12(19)15-6-10(16)13-3-9(15)11(17)18/h7-9H,3-6H2,1-2H3,(H,13,16)(H,17,18). The Balaban J connectivity index is 2.12. The topological polar surface area (TPSA) is 99.2 Å². The number of morpholine rings is 1. The summed E-state index contributed by atoms with van der Waals surface area (Å²) in [6, 6.07) is -1.44. The number of hydrogen-bond donors (Lipinski definition) is 2. The highest BCUT2D eigenvalue weighted by Crippen LogP contribution is 2.15. The molecule has 3 unspecified atom stereocenters. The molecule has 3 atom stereocenters. The Morgan fingerprint density at radius 1 is 1.30 bits per heavy atom. The first-order valence-corrected chi connectivity index (χ1v) is 6.59. The van der Waals surface area contributed by atoms with Crippen molar-refractivity contribution in [2.24, 2.45) is 0 Å². The molecule has 8 heteroatoms. The number of carboxylic acid groups (broad SMARTS) is 1. The minimum absolute atomic E-state index is 0.0602. The monoisotopic (exact) mass is 285 g/mol. The molecule has 112 valence electrons. The molecule has 2 fully saturated rings. The molecule has 0 radical (unpaired) electrons. The number of rotatable bonds is 1. The number of piperazine rings is 1. The zero-order valence-corrected chi connectivity index (χ0v) is 11.5. The first kappa shape index (κ1) is 14.6. The molecule has 0 aromatic carbocycles. The smallest absolute Gasteiger partial charge is 0.328 e. The Hall–Kier alpha value is -1.83. The van der Waals surface area contributed by atoms with E-state index < -0.39 is 18.0 Å². The van der Waals surface area contributed by atoms with Crippen LogP contribution in [0.2, 0.25) is 0 Å². The third-order valence-corrected chi connectivity index (χ3v) is 3.40. The van der Waals surface area contributed by atoms with Crippen LogP contribution in [0.25, 0.3) is 0 Å². The first-order valence-electron chi connectivity index (χ1n) is 6.59. The van der Waals surface area contributed by atoms with Gasteiger partial charge in [-0.15, -0.1) is 0 Å². The lowest BCUT2D eigenvalue weighted by molar-refractivity contribution is -0.144. The number of nitrogens with one attached hydrogen (secondary N) is 1. The maximum Gasteiger partial charge on any atom is 0.328 e. The van der Waals surface area contributed by atoms with Crippen LogP contribution < -0.4 is 5.32 Å². The Morgan fingerprint density at radius 3 is 2.45 bits per heavy atom. The van der Waals surface area contributed by atoms with Crippen LogP contribution in [0.4, 0.5) is 4.79 Å². The van der Waals surface area contributed by atoms with Gasteiger partial charge in [0.1, 0.15) is 12.6 Å². The van der Waals surface area contributed by atoms with Crippen molar-refractivity contribution in [1.82, 2.24) is 15.1 Å². The third kappa shape index (κ3) is 3.01. The van der Waals surface area contributed by atoms with E-state index in [0.29, 0.717) is 13.1 Å². The molecule has 0 aromatic heterocycles. The molecule has 2 N–H and O–H groups in total. The van der Waals surface area contributed by atoms with Crippen molar-refractivity contribution < 1.29 is 24.2 Å². The second-order valence-corrected chi connectivity index (χ2v) is 5.23. The zero-order valence-electron chi connectivity index (χ0n) is 11.5. The highest BCUT2D eigenvalue weighted by atomic mass is 16.5. The van der Waals surface area contributed by atoms with E-state index in [1.807, 2.05) is 13.8 Å². The van der Waals surface area contributed by atoms with Crippen molar-refractivity contribution in [2.45, 2.75) is 32.1 Å². The number of hydrogen-bond acceptors (Lipinski definition) is 4.